The van der Waals surface area contributed by atoms with Crippen molar-refractivity contribution in [3.8, 4) is 0 Å². The molecule has 1 aromatic rings. The second-order valence-corrected chi connectivity index (χ2v) is 6.75. The molecule has 8 nitrogen and oxygen atoms in total. The number of hydrogen-bond acceptors (Lipinski definition) is 6. The monoisotopic (exact) mass is 300 g/mol. The average Bonchev–Trinajstić information content (AvgIpc) is 2.38. The molecule has 2 atom stereocenters. The third-order valence-corrected chi connectivity index (χ3v) is 5.37. The number of nitrogens with zero attached hydrogens (tertiary/aromatic N) is 3. The van der Waals surface area contributed by atoms with Gasteiger partial charge < -0.3 is 15.8 Å². The van der Waals surface area contributed by atoms with Gasteiger partial charge in [-0.05, 0) is 35.7 Å². The molecule has 0 bridgehead atoms. The van der Waals surface area contributed by atoms with Gasteiger partial charge in [-0.2, -0.15) is 4.31 Å². The highest BCUT2D eigenvalue weighted by atomic mass is 32.2. The van der Waals surface area contributed by atoms with Gasteiger partial charge in [0.2, 0.25) is 10.0 Å². The molecule has 9 heteroatoms. The summed E-state index contributed by atoms with van der Waals surface area (Å²) in [6, 6.07) is 2.11. The van der Waals surface area contributed by atoms with Crippen LogP contribution < -0.4 is 5.73 Å². The molecule has 1 saturated heterocycles. The summed E-state index contributed by atoms with van der Waals surface area (Å²) in [5.74, 6) is -0.377. The first-order valence-corrected chi connectivity index (χ1v) is 7.64. The van der Waals surface area contributed by atoms with E-state index >= 15 is 0 Å². The molecular weight excluding hydrogens is 284 g/mol. The van der Waals surface area contributed by atoms with Crippen molar-refractivity contribution in [1.82, 2.24) is 9.29 Å². The molecule has 1 fully saturated rings. The Morgan fingerprint density at radius 1 is 1.50 bits per heavy atom. The van der Waals surface area contributed by atoms with E-state index in [-0.39, 0.29) is 22.8 Å². The van der Waals surface area contributed by atoms with Gasteiger partial charge in [0, 0.05) is 24.7 Å². The van der Waals surface area contributed by atoms with Crippen LogP contribution in [0, 0.1) is 10.1 Å². The lowest BCUT2D eigenvalue weighted by Gasteiger charge is -2.34. The fourth-order valence-electron chi connectivity index (χ4n) is 2.31. The van der Waals surface area contributed by atoms with Crippen LogP contribution in [0.25, 0.3) is 0 Å². The molecule has 2 unspecified atom stereocenters. The zero-order valence-corrected chi connectivity index (χ0v) is 11.8. The molecule has 2 heterocycles. The van der Waals surface area contributed by atoms with E-state index < -0.39 is 14.9 Å². The Bertz CT molecular complexity index is 601. The normalized spacial score (nSPS) is 24.5. The minimum Gasteiger partial charge on any atom is -0.358 e. The maximum Gasteiger partial charge on any atom is 0.363 e. The third kappa shape index (κ3) is 2.79. The minimum absolute atomic E-state index is 0.00596. The summed E-state index contributed by atoms with van der Waals surface area (Å²) in [6.07, 6.45) is 2.22. The molecule has 0 aliphatic carbocycles. The van der Waals surface area contributed by atoms with E-state index in [1.807, 2.05) is 0 Å². The zero-order chi connectivity index (χ0) is 14.9. The molecule has 2 rings (SSSR count). The van der Waals surface area contributed by atoms with E-state index in [9.17, 15) is 18.5 Å². The molecule has 1 aliphatic rings. The van der Waals surface area contributed by atoms with E-state index in [2.05, 4.69) is 4.98 Å². The van der Waals surface area contributed by atoms with Gasteiger partial charge in [-0.3, -0.25) is 0 Å². The van der Waals surface area contributed by atoms with Crippen molar-refractivity contribution < 1.29 is 13.3 Å². The summed E-state index contributed by atoms with van der Waals surface area (Å²) < 4.78 is 26.3. The van der Waals surface area contributed by atoms with Crippen molar-refractivity contribution >= 4 is 15.8 Å². The Labute approximate surface area is 116 Å². The summed E-state index contributed by atoms with van der Waals surface area (Å²) >= 11 is 0. The fraction of sp³-hybridized carbons (Fsp3) is 0.545. The first-order valence-electron chi connectivity index (χ1n) is 6.20. The Morgan fingerprint density at radius 3 is 2.70 bits per heavy atom. The van der Waals surface area contributed by atoms with Crippen molar-refractivity contribution in [1.29, 1.82) is 0 Å². The highest BCUT2D eigenvalue weighted by molar-refractivity contribution is 7.89. The van der Waals surface area contributed by atoms with Crippen LogP contribution in [0.3, 0.4) is 0 Å². The smallest absolute Gasteiger partial charge is 0.358 e. The fourth-order valence-corrected chi connectivity index (χ4v) is 3.91. The average molecular weight is 300 g/mol. The molecule has 0 radical (unpaired) electrons. The van der Waals surface area contributed by atoms with Crippen LogP contribution in [0.2, 0.25) is 0 Å². The van der Waals surface area contributed by atoms with Crippen LogP contribution >= 0.6 is 0 Å². The summed E-state index contributed by atoms with van der Waals surface area (Å²) in [5, 5.41) is 10.5. The molecule has 1 aliphatic heterocycles. The highest BCUT2D eigenvalue weighted by Crippen LogP contribution is 2.24. The number of nitrogens with two attached hydrogens (primary N) is 1. The third-order valence-electron chi connectivity index (χ3n) is 3.37. The SMILES string of the molecule is CC1CC(N)CCN1S(=O)(=O)c1ccc([N+](=O)[O-])nc1. The number of aromatic nitrogens is 1. The highest BCUT2D eigenvalue weighted by Gasteiger charge is 2.34. The first-order chi connectivity index (χ1) is 9.32. The van der Waals surface area contributed by atoms with Gasteiger partial charge in [0.15, 0.2) is 6.20 Å². The van der Waals surface area contributed by atoms with E-state index in [1.165, 1.54) is 10.4 Å². The van der Waals surface area contributed by atoms with Crippen molar-refractivity contribution in [2.24, 2.45) is 5.73 Å². The lowest BCUT2D eigenvalue weighted by Crippen LogP contribution is -2.48. The topological polar surface area (TPSA) is 119 Å². The molecule has 1 aromatic heterocycles. The van der Waals surface area contributed by atoms with Crippen molar-refractivity contribution in [3.05, 3.63) is 28.4 Å². The van der Waals surface area contributed by atoms with Gasteiger partial charge in [0.1, 0.15) is 4.90 Å². The van der Waals surface area contributed by atoms with Crippen LogP contribution in [0.15, 0.2) is 23.2 Å². The number of sulfonamides is 1. The standard InChI is InChI=1S/C11H16N4O4S/c1-8-6-9(12)4-5-14(8)20(18,19)10-2-3-11(13-7-10)15(16)17/h2-3,7-9H,4-6,12H2,1H3. The van der Waals surface area contributed by atoms with Crippen molar-refractivity contribution in [2.45, 2.75) is 36.7 Å². The van der Waals surface area contributed by atoms with Gasteiger partial charge in [-0.1, -0.05) is 0 Å². The predicted molar refractivity (Wildman–Crippen MR) is 71.5 cm³/mol. The Hall–Kier alpha value is -1.58. The van der Waals surface area contributed by atoms with Gasteiger partial charge in [-0.25, -0.2) is 8.42 Å². The number of hydrogen-bond donors (Lipinski definition) is 1. The molecule has 0 spiro atoms. The molecule has 110 valence electrons. The van der Waals surface area contributed by atoms with Crippen LogP contribution in [0.1, 0.15) is 19.8 Å². The van der Waals surface area contributed by atoms with E-state index in [4.69, 9.17) is 5.73 Å². The molecule has 20 heavy (non-hydrogen) atoms. The van der Waals surface area contributed by atoms with Crippen LogP contribution in [-0.2, 0) is 10.0 Å². The number of rotatable bonds is 3. The van der Waals surface area contributed by atoms with Crippen molar-refractivity contribution in [2.75, 3.05) is 6.54 Å². The number of piperidine rings is 1. The Balaban J connectivity index is 2.28. The lowest BCUT2D eigenvalue weighted by atomic mass is 10.0. The number of pyridine rings is 1. The number of nitro groups is 1. The van der Waals surface area contributed by atoms with Gasteiger partial charge in [0.25, 0.3) is 0 Å². The summed E-state index contributed by atoms with van der Waals surface area (Å²) in [7, 11) is -3.68. The van der Waals surface area contributed by atoms with Crippen molar-refractivity contribution in [3.63, 3.8) is 0 Å². The van der Waals surface area contributed by atoms with Gasteiger partial charge in [-0.15, -0.1) is 0 Å². The van der Waals surface area contributed by atoms with Crippen LogP contribution in [0.5, 0.6) is 0 Å². The largest absolute Gasteiger partial charge is 0.363 e. The zero-order valence-electron chi connectivity index (χ0n) is 11.0. The van der Waals surface area contributed by atoms with Gasteiger partial charge in [0.05, 0.1) is 0 Å². The second kappa shape index (κ2) is 5.43. The Morgan fingerprint density at radius 2 is 2.20 bits per heavy atom. The minimum atomic E-state index is -3.68. The van der Waals surface area contributed by atoms with E-state index in [1.54, 1.807) is 6.92 Å². The maximum absolute atomic E-state index is 12.5. The molecule has 2 N–H and O–H groups in total. The van der Waals surface area contributed by atoms with Gasteiger partial charge >= 0.3 is 5.82 Å². The second-order valence-electron chi connectivity index (χ2n) is 4.86. The summed E-state index contributed by atoms with van der Waals surface area (Å²) in [6.45, 7) is 2.15. The van der Waals surface area contributed by atoms with E-state index in [0.717, 1.165) is 12.3 Å². The first kappa shape index (κ1) is 14.8. The molecule has 0 aromatic carbocycles. The quantitative estimate of drug-likeness (QED) is 0.640. The maximum atomic E-state index is 12.5. The summed E-state index contributed by atoms with van der Waals surface area (Å²) in [4.78, 5) is 13.4. The molecule has 0 amide bonds. The predicted octanol–water partition coefficient (Wildman–Crippen LogP) is 0.490. The lowest BCUT2D eigenvalue weighted by molar-refractivity contribution is -0.389. The summed E-state index contributed by atoms with van der Waals surface area (Å²) in [5.41, 5.74) is 5.81. The molecular formula is C11H16N4O4S. The Kier molecular flexibility index (Phi) is 4.02. The molecule has 0 saturated carbocycles. The van der Waals surface area contributed by atoms with Crippen LogP contribution in [0.4, 0.5) is 5.82 Å². The van der Waals surface area contributed by atoms with Crippen LogP contribution in [-0.4, -0.2) is 41.3 Å². The van der Waals surface area contributed by atoms with E-state index in [0.29, 0.717) is 19.4 Å².